The van der Waals surface area contributed by atoms with Crippen LogP contribution in [0.4, 0.5) is 0 Å². The lowest BCUT2D eigenvalue weighted by atomic mass is 10.2. The molecule has 3 heterocycles. The Hall–Kier alpha value is -1.81. The summed E-state index contributed by atoms with van der Waals surface area (Å²) in [5.74, 6) is 2.41. The van der Waals surface area contributed by atoms with Gasteiger partial charge in [-0.2, -0.15) is 0 Å². The summed E-state index contributed by atoms with van der Waals surface area (Å²) >= 11 is 0. The first-order chi connectivity index (χ1) is 13.3. The number of pyridine rings is 1. The molecule has 3 rings (SSSR count). The maximum absolute atomic E-state index is 5.69. The number of rotatable bonds is 8. The van der Waals surface area contributed by atoms with Gasteiger partial charge in [-0.15, -0.1) is 24.0 Å². The molecule has 0 aromatic carbocycles. The van der Waals surface area contributed by atoms with E-state index < -0.39 is 0 Å². The molecule has 28 heavy (non-hydrogen) atoms. The molecule has 7 nitrogen and oxygen atoms in total. The Morgan fingerprint density at radius 1 is 1.29 bits per heavy atom. The molecule has 1 aliphatic rings. The largest absolute Gasteiger partial charge is 0.481 e. The van der Waals surface area contributed by atoms with Crippen molar-refractivity contribution in [1.29, 1.82) is 0 Å². The van der Waals surface area contributed by atoms with E-state index in [1.165, 1.54) is 12.8 Å². The molecule has 0 saturated carbocycles. The maximum atomic E-state index is 5.69. The van der Waals surface area contributed by atoms with Crippen molar-refractivity contribution in [3.8, 4) is 5.88 Å². The number of aromatic nitrogens is 1. The molecule has 1 unspecified atom stereocenters. The zero-order chi connectivity index (χ0) is 18.9. The molecule has 2 N–H and O–H groups in total. The van der Waals surface area contributed by atoms with Gasteiger partial charge in [-0.25, -0.2) is 9.98 Å². The molecule has 0 spiro atoms. The summed E-state index contributed by atoms with van der Waals surface area (Å²) in [5.41, 5.74) is 1.04. The third-order valence-electron chi connectivity index (χ3n) is 4.69. The molecule has 154 valence electrons. The first-order valence-corrected chi connectivity index (χ1v) is 9.58. The van der Waals surface area contributed by atoms with Crippen LogP contribution in [0, 0.1) is 0 Å². The van der Waals surface area contributed by atoms with Crippen molar-refractivity contribution in [2.24, 2.45) is 4.99 Å². The van der Waals surface area contributed by atoms with Gasteiger partial charge >= 0.3 is 0 Å². The average molecular weight is 499 g/mol. The van der Waals surface area contributed by atoms with Crippen molar-refractivity contribution in [2.75, 3.05) is 33.3 Å². The molecular formula is C20H30IN5O2. The van der Waals surface area contributed by atoms with Crippen LogP contribution in [0.25, 0.3) is 0 Å². The minimum Gasteiger partial charge on any atom is -0.481 e. The molecular weight excluding hydrogens is 469 g/mol. The van der Waals surface area contributed by atoms with Crippen LogP contribution in [0.5, 0.6) is 5.88 Å². The minimum atomic E-state index is 0. The van der Waals surface area contributed by atoms with Crippen molar-refractivity contribution in [2.45, 2.75) is 32.4 Å². The SMILES string of the molecule is CCNC(=NCc1ccc(OC)nc1)NCC(c1ccco1)N1CCCC1.I. The van der Waals surface area contributed by atoms with Crippen molar-refractivity contribution in [3.63, 3.8) is 0 Å². The number of methoxy groups -OCH3 is 1. The van der Waals surface area contributed by atoms with E-state index in [0.29, 0.717) is 12.4 Å². The fraction of sp³-hybridized carbons (Fsp3) is 0.500. The molecule has 1 atom stereocenters. The van der Waals surface area contributed by atoms with Crippen LogP contribution in [0.3, 0.4) is 0 Å². The average Bonchev–Trinajstić information content (AvgIpc) is 3.41. The number of halogens is 1. The summed E-state index contributed by atoms with van der Waals surface area (Å²) in [6.45, 7) is 6.40. The number of furan rings is 1. The van der Waals surface area contributed by atoms with Gasteiger partial charge < -0.3 is 19.8 Å². The van der Waals surface area contributed by atoms with Crippen molar-refractivity contribution in [1.82, 2.24) is 20.5 Å². The molecule has 2 aromatic heterocycles. The highest BCUT2D eigenvalue weighted by molar-refractivity contribution is 14.0. The van der Waals surface area contributed by atoms with E-state index in [0.717, 1.165) is 43.5 Å². The van der Waals surface area contributed by atoms with Gasteiger partial charge in [-0.1, -0.05) is 6.07 Å². The number of hydrogen-bond donors (Lipinski definition) is 2. The Kier molecular flexibility index (Phi) is 9.56. The number of guanidine groups is 1. The first kappa shape index (κ1) is 22.5. The van der Waals surface area contributed by atoms with Crippen LogP contribution in [0.2, 0.25) is 0 Å². The summed E-state index contributed by atoms with van der Waals surface area (Å²) in [4.78, 5) is 11.4. The van der Waals surface area contributed by atoms with E-state index in [1.54, 1.807) is 19.6 Å². The lowest BCUT2D eigenvalue weighted by Gasteiger charge is -2.26. The Balaban J connectivity index is 0.00000280. The van der Waals surface area contributed by atoms with Gasteiger partial charge in [-0.3, -0.25) is 4.90 Å². The molecule has 2 aromatic rings. The van der Waals surface area contributed by atoms with Crippen LogP contribution >= 0.6 is 24.0 Å². The van der Waals surface area contributed by atoms with Crippen LogP contribution in [0.15, 0.2) is 46.1 Å². The van der Waals surface area contributed by atoms with Crippen molar-refractivity contribution >= 4 is 29.9 Å². The Morgan fingerprint density at radius 3 is 2.71 bits per heavy atom. The topological polar surface area (TPSA) is 74.9 Å². The fourth-order valence-electron chi connectivity index (χ4n) is 3.27. The normalized spacial score (nSPS) is 15.7. The van der Waals surface area contributed by atoms with Crippen LogP contribution in [0.1, 0.15) is 37.1 Å². The highest BCUT2D eigenvalue weighted by atomic mass is 127. The zero-order valence-electron chi connectivity index (χ0n) is 16.6. The van der Waals surface area contributed by atoms with Gasteiger partial charge in [0.25, 0.3) is 0 Å². The van der Waals surface area contributed by atoms with Crippen molar-refractivity contribution in [3.05, 3.63) is 48.0 Å². The summed E-state index contributed by atoms with van der Waals surface area (Å²) in [5, 5.41) is 6.78. The molecule has 0 bridgehead atoms. The Labute approximate surface area is 184 Å². The van der Waals surface area contributed by atoms with Crippen LogP contribution < -0.4 is 15.4 Å². The maximum Gasteiger partial charge on any atom is 0.212 e. The van der Waals surface area contributed by atoms with Gasteiger partial charge in [0, 0.05) is 25.4 Å². The summed E-state index contributed by atoms with van der Waals surface area (Å²) in [7, 11) is 1.61. The quantitative estimate of drug-likeness (QED) is 0.330. The second-order valence-corrected chi connectivity index (χ2v) is 6.56. The van der Waals surface area contributed by atoms with Gasteiger partial charge in [0.05, 0.1) is 26.0 Å². The number of aliphatic imine (C=N–C) groups is 1. The highest BCUT2D eigenvalue weighted by Crippen LogP contribution is 2.24. The third kappa shape index (κ3) is 6.37. The van der Waals surface area contributed by atoms with E-state index in [-0.39, 0.29) is 30.0 Å². The summed E-state index contributed by atoms with van der Waals surface area (Å²) < 4.78 is 10.8. The predicted octanol–water partition coefficient (Wildman–Crippen LogP) is 3.19. The smallest absolute Gasteiger partial charge is 0.212 e. The standard InChI is InChI=1S/C20H29N5O2.HI/c1-3-21-20(23-14-16-8-9-19(26-2)22-13-16)24-15-17(18-7-6-12-27-18)25-10-4-5-11-25;/h6-9,12-13,17H,3-5,10-11,14-15H2,1-2H3,(H2,21,23,24);1H. The minimum absolute atomic E-state index is 0. The van der Waals surface area contributed by atoms with Crippen LogP contribution in [-0.2, 0) is 6.54 Å². The van der Waals surface area contributed by atoms with E-state index in [2.05, 4.69) is 38.5 Å². The number of nitrogens with zero attached hydrogens (tertiary/aromatic N) is 3. The van der Waals surface area contributed by atoms with E-state index >= 15 is 0 Å². The van der Waals surface area contributed by atoms with Gasteiger partial charge in [0.1, 0.15) is 5.76 Å². The molecule has 1 aliphatic heterocycles. The second kappa shape index (κ2) is 11.9. The van der Waals surface area contributed by atoms with E-state index in [4.69, 9.17) is 9.15 Å². The molecule has 8 heteroatoms. The third-order valence-corrected chi connectivity index (χ3v) is 4.69. The molecule has 0 amide bonds. The fourth-order valence-corrected chi connectivity index (χ4v) is 3.27. The lowest BCUT2D eigenvalue weighted by Crippen LogP contribution is -2.42. The molecule has 1 saturated heterocycles. The zero-order valence-corrected chi connectivity index (χ0v) is 18.9. The monoisotopic (exact) mass is 499 g/mol. The Morgan fingerprint density at radius 2 is 2.11 bits per heavy atom. The van der Waals surface area contributed by atoms with Gasteiger partial charge in [-0.05, 0) is 50.6 Å². The number of nitrogens with one attached hydrogen (secondary N) is 2. The highest BCUT2D eigenvalue weighted by Gasteiger charge is 2.25. The predicted molar refractivity (Wildman–Crippen MR) is 121 cm³/mol. The lowest BCUT2D eigenvalue weighted by molar-refractivity contribution is 0.215. The van der Waals surface area contributed by atoms with Crippen molar-refractivity contribution < 1.29 is 9.15 Å². The summed E-state index contributed by atoms with van der Waals surface area (Å²) in [6.07, 6.45) is 6.03. The number of ether oxygens (including phenoxy) is 1. The van der Waals surface area contributed by atoms with Crippen LogP contribution in [-0.4, -0.2) is 49.1 Å². The van der Waals surface area contributed by atoms with Gasteiger partial charge in [0.15, 0.2) is 5.96 Å². The number of hydrogen-bond acceptors (Lipinski definition) is 5. The second-order valence-electron chi connectivity index (χ2n) is 6.56. The van der Waals surface area contributed by atoms with E-state index in [9.17, 15) is 0 Å². The molecule has 0 radical (unpaired) electrons. The number of likely N-dealkylation sites (tertiary alicyclic amines) is 1. The van der Waals surface area contributed by atoms with Gasteiger partial charge in [0.2, 0.25) is 5.88 Å². The molecule has 0 aliphatic carbocycles. The van der Waals surface area contributed by atoms with E-state index in [1.807, 2.05) is 18.2 Å². The first-order valence-electron chi connectivity index (χ1n) is 9.58. The summed E-state index contributed by atoms with van der Waals surface area (Å²) in [6, 6.07) is 8.06. The Bertz CT molecular complexity index is 700. The molecule has 1 fully saturated rings.